The van der Waals surface area contributed by atoms with E-state index in [0.29, 0.717) is 12.0 Å². The fourth-order valence-electron chi connectivity index (χ4n) is 2.21. The Morgan fingerprint density at radius 1 is 1.08 bits per heavy atom. The Morgan fingerprint density at radius 3 is 2.29 bits per heavy atom. The number of benzene rings is 2. The van der Waals surface area contributed by atoms with Crippen LogP contribution in [0.5, 0.6) is 0 Å². The SMILES string of the molecule is CCC(OC(=O)[C@H](O)c1ccccc1)O[C@@H](C)c1ccc(F)cc1. The number of hydrogen-bond acceptors (Lipinski definition) is 4. The second kappa shape index (κ2) is 8.57. The first-order valence-electron chi connectivity index (χ1n) is 7.85. The lowest BCUT2D eigenvalue weighted by atomic mass is 10.1. The summed E-state index contributed by atoms with van der Waals surface area (Å²) in [6, 6.07) is 14.5. The van der Waals surface area contributed by atoms with E-state index in [9.17, 15) is 14.3 Å². The molecule has 2 aromatic rings. The Hall–Kier alpha value is -2.24. The Bertz CT molecular complexity index is 642. The first kappa shape index (κ1) is 18.1. The van der Waals surface area contributed by atoms with Gasteiger partial charge >= 0.3 is 5.97 Å². The summed E-state index contributed by atoms with van der Waals surface area (Å²) < 4.78 is 23.9. The van der Waals surface area contributed by atoms with Crippen molar-refractivity contribution in [1.82, 2.24) is 0 Å². The van der Waals surface area contributed by atoms with Crippen LogP contribution in [0.3, 0.4) is 0 Å². The van der Waals surface area contributed by atoms with Crippen LogP contribution < -0.4 is 0 Å². The summed E-state index contributed by atoms with van der Waals surface area (Å²) in [5.74, 6) is -1.09. The van der Waals surface area contributed by atoms with E-state index in [4.69, 9.17) is 9.47 Å². The predicted molar refractivity (Wildman–Crippen MR) is 87.5 cm³/mol. The van der Waals surface area contributed by atoms with Crippen LogP contribution in [0.1, 0.15) is 43.6 Å². The van der Waals surface area contributed by atoms with Gasteiger partial charge in [-0.2, -0.15) is 0 Å². The van der Waals surface area contributed by atoms with Gasteiger partial charge in [-0.05, 0) is 30.2 Å². The molecule has 0 heterocycles. The molecule has 0 radical (unpaired) electrons. The summed E-state index contributed by atoms with van der Waals surface area (Å²) >= 11 is 0. The molecule has 0 amide bonds. The predicted octanol–water partition coefficient (Wildman–Crippen LogP) is 3.92. The van der Waals surface area contributed by atoms with Gasteiger partial charge in [-0.3, -0.25) is 0 Å². The third-order valence-electron chi connectivity index (χ3n) is 3.61. The fourth-order valence-corrected chi connectivity index (χ4v) is 2.21. The summed E-state index contributed by atoms with van der Waals surface area (Å²) in [5.41, 5.74) is 1.23. The second-order valence-electron chi connectivity index (χ2n) is 5.42. The van der Waals surface area contributed by atoms with Crippen molar-refractivity contribution >= 4 is 5.97 Å². The molecule has 2 rings (SSSR count). The zero-order chi connectivity index (χ0) is 17.5. The average Bonchev–Trinajstić information content (AvgIpc) is 2.61. The van der Waals surface area contributed by atoms with Crippen LogP contribution in [0.25, 0.3) is 0 Å². The number of ether oxygens (including phenoxy) is 2. The lowest BCUT2D eigenvalue weighted by Crippen LogP contribution is -2.26. The first-order chi connectivity index (χ1) is 11.5. The summed E-state index contributed by atoms with van der Waals surface area (Å²) in [6.07, 6.45) is -2.10. The molecule has 1 unspecified atom stereocenters. The molecule has 0 spiro atoms. The van der Waals surface area contributed by atoms with Crippen molar-refractivity contribution in [3.05, 3.63) is 71.5 Å². The highest BCUT2D eigenvalue weighted by Crippen LogP contribution is 2.22. The van der Waals surface area contributed by atoms with E-state index < -0.39 is 18.4 Å². The molecule has 0 bridgehead atoms. The molecule has 0 aromatic heterocycles. The average molecular weight is 332 g/mol. The second-order valence-corrected chi connectivity index (χ2v) is 5.42. The van der Waals surface area contributed by atoms with Gasteiger partial charge in [-0.1, -0.05) is 49.4 Å². The summed E-state index contributed by atoms with van der Waals surface area (Å²) in [5, 5.41) is 10.0. The molecular weight excluding hydrogens is 311 g/mol. The maximum atomic E-state index is 13.0. The quantitative estimate of drug-likeness (QED) is 0.617. The minimum Gasteiger partial charge on any atom is -0.434 e. The van der Waals surface area contributed by atoms with Crippen LogP contribution in [0.4, 0.5) is 4.39 Å². The number of esters is 1. The van der Waals surface area contributed by atoms with Gasteiger partial charge in [-0.25, -0.2) is 9.18 Å². The number of carbonyl (C=O) groups is 1. The Balaban J connectivity index is 1.96. The molecular formula is C19H21FO4. The molecule has 0 saturated heterocycles. The maximum Gasteiger partial charge on any atom is 0.341 e. The van der Waals surface area contributed by atoms with Crippen molar-refractivity contribution in [1.29, 1.82) is 0 Å². The summed E-state index contributed by atoms with van der Waals surface area (Å²) in [4.78, 5) is 12.1. The molecule has 0 saturated carbocycles. The number of carbonyl (C=O) groups excluding carboxylic acids is 1. The van der Waals surface area contributed by atoms with Crippen LogP contribution >= 0.6 is 0 Å². The number of aliphatic hydroxyl groups excluding tert-OH is 1. The summed E-state index contributed by atoms with van der Waals surface area (Å²) in [6.45, 7) is 3.60. The van der Waals surface area contributed by atoms with Crippen molar-refractivity contribution in [2.24, 2.45) is 0 Å². The number of rotatable bonds is 7. The Labute approximate surface area is 140 Å². The standard InChI is InChI=1S/C19H21FO4/c1-3-17(23-13(2)14-9-11-16(20)12-10-14)24-19(22)18(21)15-7-5-4-6-8-15/h4-13,17-18,21H,3H2,1-2H3/t13-,17?,18+/m0/s1. The van der Waals surface area contributed by atoms with Crippen molar-refractivity contribution in [3.8, 4) is 0 Å². The van der Waals surface area contributed by atoms with Crippen LogP contribution in [-0.2, 0) is 14.3 Å². The van der Waals surface area contributed by atoms with Gasteiger partial charge in [0.1, 0.15) is 5.82 Å². The third-order valence-corrected chi connectivity index (χ3v) is 3.61. The van der Waals surface area contributed by atoms with E-state index in [2.05, 4.69) is 0 Å². The Morgan fingerprint density at radius 2 is 1.71 bits per heavy atom. The lowest BCUT2D eigenvalue weighted by molar-refractivity contribution is -0.198. The summed E-state index contributed by atoms with van der Waals surface area (Å²) in [7, 11) is 0. The third kappa shape index (κ3) is 4.88. The van der Waals surface area contributed by atoms with Crippen molar-refractivity contribution in [3.63, 3.8) is 0 Å². The van der Waals surface area contributed by atoms with Gasteiger partial charge < -0.3 is 14.6 Å². The van der Waals surface area contributed by atoms with Crippen molar-refractivity contribution in [2.75, 3.05) is 0 Å². The largest absolute Gasteiger partial charge is 0.434 e. The maximum absolute atomic E-state index is 13.0. The van der Waals surface area contributed by atoms with E-state index in [1.54, 1.807) is 49.4 Å². The zero-order valence-electron chi connectivity index (χ0n) is 13.7. The molecule has 0 aliphatic heterocycles. The monoisotopic (exact) mass is 332 g/mol. The zero-order valence-corrected chi connectivity index (χ0v) is 13.7. The topological polar surface area (TPSA) is 55.8 Å². The molecule has 1 N–H and O–H groups in total. The van der Waals surface area contributed by atoms with Gasteiger partial charge in [0.15, 0.2) is 6.10 Å². The molecule has 128 valence electrons. The number of halogens is 1. The number of hydrogen-bond donors (Lipinski definition) is 1. The smallest absolute Gasteiger partial charge is 0.341 e. The fraction of sp³-hybridized carbons (Fsp3) is 0.316. The van der Waals surface area contributed by atoms with Crippen LogP contribution in [0, 0.1) is 5.82 Å². The van der Waals surface area contributed by atoms with Crippen molar-refractivity contribution < 1.29 is 23.8 Å². The molecule has 0 aliphatic carbocycles. The molecule has 2 aromatic carbocycles. The van der Waals surface area contributed by atoms with Crippen LogP contribution in [-0.4, -0.2) is 17.4 Å². The van der Waals surface area contributed by atoms with E-state index in [1.807, 2.05) is 6.92 Å². The minimum atomic E-state index is -1.36. The highest BCUT2D eigenvalue weighted by molar-refractivity contribution is 5.76. The first-order valence-corrected chi connectivity index (χ1v) is 7.85. The molecule has 5 heteroatoms. The van der Waals surface area contributed by atoms with Crippen molar-refractivity contribution in [2.45, 2.75) is 38.8 Å². The highest BCUT2D eigenvalue weighted by Gasteiger charge is 2.24. The van der Waals surface area contributed by atoms with Gasteiger partial charge in [0, 0.05) is 6.42 Å². The lowest BCUT2D eigenvalue weighted by Gasteiger charge is -2.23. The normalized spacial score (nSPS) is 14.7. The van der Waals surface area contributed by atoms with Gasteiger partial charge in [0.05, 0.1) is 6.10 Å². The van der Waals surface area contributed by atoms with E-state index in [1.165, 1.54) is 12.1 Å². The molecule has 4 nitrogen and oxygen atoms in total. The van der Waals surface area contributed by atoms with E-state index in [-0.39, 0.29) is 11.9 Å². The van der Waals surface area contributed by atoms with E-state index in [0.717, 1.165) is 5.56 Å². The van der Waals surface area contributed by atoms with Gasteiger partial charge in [0.25, 0.3) is 0 Å². The highest BCUT2D eigenvalue weighted by atomic mass is 19.1. The van der Waals surface area contributed by atoms with Gasteiger partial charge in [-0.15, -0.1) is 0 Å². The molecule has 0 aliphatic rings. The van der Waals surface area contributed by atoms with E-state index >= 15 is 0 Å². The Kier molecular flexibility index (Phi) is 6.46. The molecule has 0 fully saturated rings. The number of aliphatic hydroxyl groups is 1. The molecule has 3 atom stereocenters. The minimum absolute atomic E-state index is 0.324. The van der Waals surface area contributed by atoms with Gasteiger partial charge in [0.2, 0.25) is 6.29 Å². The molecule has 24 heavy (non-hydrogen) atoms. The van der Waals surface area contributed by atoms with Crippen LogP contribution in [0.15, 0.2) is 54.6 Å². The van der Waals surface area contributed by atoms with Crippen LogP contribution in [0.2, 0.25) is 0 Å².